The van der Waals surface area contributed by atoms with Gasteiger partial charge < -0.3 is 11.1 Å². The SMILES string of the molecule is CCC(C)CCN=C(N)NC(C)(C)CC. The van der Waals surface area contributed by atoms with E-state index in [1.807, 2.05) is 0 Å². The number of nitrogens with zero attached hydrogens (tertiary/aromatic N) is 1. The van der Waals surface area contributed by atoms with Crippen LogP contribution in [0.25, 0.3) is 0 Å². The number of hydrogen-bond donors (Lipinski definition) is 2. The summed E-state index contributed by atoms with van der Waals surface area (Å²) in [6.07, 6.45) is 3.36. The minimum atomic E-state index is 0.0456. The quantitative estimate of drug-likeness (QED) is 0.526. The highest BCUT2D eigenvalue weighted by atomic mass is 15.1. The van der Waals surface area contributed by atoms with E-state index in [0.717, 1.165) is 25.3 Å². The molecular weight excluding hydrogens is 186 g/mol. The van der Waals surface area contributed by atoms with Crippen molar-refractivity contribution < 1.29 is 0 Å². The molecule has 0 aromatic heterocycles. The summed E-state index contributed by atoms with van der Waals surface area (Å²) in [5, 5.41) is 3.23. The third-order valence-electron chi connectivity index (χ3n) is 2.95. The first-order valence-corrected chi connectivity index (χ1v) is 5.99. The predicted octanol–water partition coefficient (Wildman–Crippen LogP) is 2.52. The molecule has 0 aliphatic heterocycles. The zero-order valence-electron chi connectivity index (χ0n) is 10.9. The van der Waals surface area contributed by atoms with Crippen molar-refractivity contribution in [3.8, 4) is 0 Å². The minimum absolute atomic E-state index is 0.0456. The summed E-state index contributed by atoms with van der Waals surface area (Å²) in [6.45, 7) is 11.7. The topological polar surface area (TPSA) is 50.4 Å². The zero-order valence-corrected chi connectivity index (χ0v) is 10.9. The van der Waals surface area contributed by atoms with Crippen LogP contribution in [0.15, 0.2) is 4.99 Å². The van der Waals surface area contributed by atoms with Gasteiger partial charge in [-0.25, -0.2) is 0 Å². The number of guanidine groups is 1. The normalized spacial score (nSPS) is 15.1. The molecule has 0 bridgehead atoms. The molecule has 0 radical (unpaired) electrons. The van der Waals surface area contributed by atoms with Gasteiger partial charge >= 0.3 is 0 Å². The molecule has 0 amide bonds. The molecule has 3 heteroatoms. The average Bonchev–Trinajstić information content (AvgIpc) is 2.16. The molecule has 0 aromatic carbocycles. The molecule has 0 rings (SSSR count). The van der Waals surface area contributed by atoms with Gasteiger partial charge in [-0.2, -0.15) is 0 Å². The molecule has 0 heterocycles. The molecule has 0 aliphatic carbocycles. The van der Waals surface area contributed by atoms with Crippen molar-refractivity contribution >= 4 is 5.96 Å². The van der Waals surface area contributed by atoms with Gasteiger partial charge in [-0.05, 0) is 32.6 Å². The zero-order chi connectivity index (χ0) is 11.9. The average molecular weight is 213 g/mol. The van der Waals surface area contributed by atoms with E-state index in [0.29, 0.717) is 5.96 Å². The molecule has 15 heavy (non-hydrogen) atoms. The second-order valence-corrected chi connectivity index (χ2v) is 4.93. The fourth-order valence-corrected chi connectivity index (χ4v) is 1.08. The lowest BCUT2D eigenvalue weighted by molar-refractivity contribution is 0.442. The standard InChI is InChI=1S/C12H27N3/c1-6-10(3)8-9-14-11(13)15-12(4,5)7-2/h10H,6-9H2,1-5H3,(H3,13,14,15). The molecule has 0 aromatic rings. The molecule has 3 nitrogen and oxygen atoms in total. The first kappa shape index (κ1) is 14.3. The number of aliphatic imine (C=N–C) groups is 1. The highest BCUT2D eigenvalue weighted by Crippen LogP contribution is 2.07. The lowest BCUT2D eigenvalue weighted by Gasteiger charge is -2.25. The number of nitrogens with two attached hydrogens (primary N) is 1. The van der Waals surface area contributed by atoms with Gasteiger partial charge in [-0.15, -0.1) is 0 Å². The van der Waals surface area contributed by atoms with Crippen molar-refractivity contribution in [1.82, 2.24) is 5.32 Å². The summed E-state index contributed by atoms with van der Waals surface area (Å²) >= 11 is 0. The monoisotopic (exact) mass is 213 g/mol. The van der Waals surface area contributed by atoms with E-state index in [1.165, 1.54) is 6.42 Å². The number of rotatable bonds is 6. The molecular formula is C12H27N3. The second kappa shape index (κ2) is 6.70. The van der Waals surface area contributed by atoms with Crippen LogP contribution >= 0.6 is 0 Å². The first-order valence-electron chi connectivity index (χ1n) is 5.99. The Morgan fingerprint density at radius 2 is 2.00 bits per heavy atom. The van der Waals surface area contributed by atoms with Crippen molar-refractivity contribution in [2.75, 3.05) is 6.54 Å². The summed E-state index contributed by atoms with van der Waals surface area (Å²) in [5.74, 6) is 1.31. The van der Waals surface area contributed by atoms with Gasteiger partial charge in [0, 0.05) is 12.1 Å². The van der Waals surface area contributed by atoms with E-state index < -0.39 is 0 Å². The molecule has 0 saturated carbocycles. The Balaban J connectivity index is 3.89. The number of nitrogens with one attached hydrogen (secondary N) is 1. The summed E-state index contributed by atoms with van der Waals surface area (Å²) in [5.41, 5.74) is 5.85. The predicted molar refractivity (Wildman–Crippen MR) is 68.1 cm³/mol. The lowest BCUT2D eigenvalue weighted by atomic mass is 10.0. The summed E-state index contributed by atoms with van der Waals surface area (Å²) < 4.78 is 0. The molecule has 1 unspecified atom stereocenters. The van der Waals surface area contributed by atoms with Gasteiger partial charge in [0.05, 0.1) is 0 Å². The Morgan fingerprint density at radius 1 is 1.40 bits per heavy atom. The van der Waals surface area contributed by atoms with E-state index in [4.69, 9.17) is 5.73 Å². The van der Waals surface area contributed by atoms with E-state index in [2.05, 4.69) is 44.9 Å². The van der Waals surface area contributed by atoms with Gasteiger partial charge in [0.1, 0.15) is 0 Å². The smallest absolute Gasteiger partial charge is 0.188 e. The Bertz CT molecular complexity index is 197. The van der Waals surface area contributed by atoms with Gasteiger partial charge in [-0.3, -0.25) is 4.99 Å². The summed E-state index contributed by atoms with van der Waals surface area (Å²) in [4.78, 5) is 4.33. The van der Waals surface area contributed by atoms with E-state index in [9.17, 15) is 0 Å². The lowest BCUT2D eigenvalue weighted by Crippen LogP contribution is -2.46. The van der Waals surface area contributed by atoms with Gasteiger partial charge in [-0.1, -0.05) is 27.2 Å². The van der Waals surface area contributed by atoms with Crippen molar-refractivity contribution in [3.05, 3.63) is 0 Å². The fraction of sp³-hybridized carbons (Fsp3) is 0.917. The Hall–Kier alpha value is -0.730. The van der Waals surface area contributed by atoms with Crippen molar-refractivity contribution in [2.24, 2.45) is 16.6 Å². The molecule has 3 N–H and O–H groups in total. The van der Waals surface area contributed by atoms with Crippen LogP contribution in [0.4, 0.5) is 0 Å². The largest absolute Gasteiger partial charge is 0.370 e. The van der Waals surface area contributed by atoms with E-state index >= 15 is 0 Å². The Kier molecular flexibility index (Phi) is 6.37. The van der Waals surface area contributed by atoms with Crippen molar-refractivity contribution in [1.29, 1.82) is 0 Å². The van der Waals surface area contributed by atoms with Crippen molar-refractivity contribution in [3.63, 3.8) is 0 Å². The molecule has 0 spiro atoms. The molecule has 1 atom stereocenters. The van der Waals surface area contributed by atoms with Crippen LogP contribution in [0.5, 0.6) is 0 Å². The minimum Gasteiger partial charge on any atom is -0.370 e. The van der Waals surface area contributed by atoms with Gasteiger partial charge in [0.15, 0.2) is 5.96 Å². The van der Waals surface area contributed by atoms with Crippen LogP contribution in [0, 0.1) is 5.92 Å². The number of hydrogen-bond acceptors (Lipinski definition) is 1. The molecule has 0 fully saturated rings. The second-order valence-electron chi connectivity index (χ2n) is 4.93. The third kappa shape index (κ3) is 7.23. The van der Waals surface area contributed by atoms with Gasteiger partial charge in [0.25, 0.3) is 0 Å². The third-order valence-corrected chi connectivity index (χ3v) is 2.95. The van der Waals surface area contributed by atoms with Crippen LogP contribution in [-0.2, 0) is 0 Å². The van der Waals surface area contributed by atoms with Gasteiger partial charge in [0.2, 0.25) is 0 Å². The maximum absolute atomic E-state index is 5.80. The maximum atomic E-state index is 5.80. The molecule has 0 saturated heterocycles. The molecule has 90 valence electrons. The first-order chi connectivity index (χ1) is 6.91. The van der Waals surface area contributed by atoms with Crippen LogP contribution in [0.2, 0.25) is 0 Å². The summed E-state index contributed by atoms with van der Waals surface area (Å²) in [7, 11) is 0. The highest BCUT2D eigenvalue weighted by molar-refractivity contribution is 5.78. The van der Waals surface area contributed by atoms with Crippen molar-refractivity contribution in [2.45, 2.75) is 59.4 Å². The van der Waals surface area contributed by atoms with E-state index in [1.54, 1.807) is 0 Å². The highest BCUT2D eigenvalue weighted by Gasteiger charge is 2.14. The Morgan fingerprint density at radius 3 is 2.47 bits per heavy atom. The van der Waals surface area contributed by atoms with E-state index in [-0.39, 0.29) is 5.54 Å². The van der Waals surface area contributed by atoms with Crippen LogP contribution in [0.1, 0.15) is 53.9 Å². The Labute approximate surface area is 94.5 Å². The maximum Gasteiger partial charge on any atom is 0.188 e. The van der Waals surface area contributed by atoms with Crippen LogP contribution < -0.4 is 11.1 Å². The van der Waals surface area contributed by atoms with Crippen LogP contribution in [-0.4, -0.2) is 18.0 Å². The molecule has 0 aliphatic rings. The van der Waals surface area contributed by atoms with Crippen LogP contribution in [0.3, 0.4) is 0 Å². The summed E-state index contributed by atoms with van der Waals surface area (Å²) in [6, 6.07) is 0. The fourth-order valence-electron chi connectivity index (χ4n) is 1.08.